The number of nitrogens with two attached hydrogens (primary N) is 1. The standard InChI is InChI=1S/C12H18N4/c1-12(2,3)6-7-15-10-5-4-9(8-13)11(14)16-10/h4-5H,6-7H2,1-3H3,(H3,14,15,16). The second-order valence-corrected chi connectivity index (χ2v) is 4.98. The zero-order valence-electron chi connectivity index (χ0n) is 10.0. The molecule has 0 saturated carbocycles. The molecule has 0 unspecified atom stereocenters. The van der Waals surface area contributed by atoms with Crippen LogP contribution in [0.3, 0.4) is 0 Å². The van der Waals surface area contributed by atoms with Crippen LogP contribution in [0.4, 0.5) is 11.6 Å². The maximum Gasteiger partial charge on any atom is 0.143 e. The average molecular weight is 218 g/mol. The summed E-state index contributed by atoms with van der Waals surface area (Å²) in [5.74, 6) is 1.00. The van der Waals surface area contributed by atoms with Gasteiger partial charge in [0.15, 0.2) is 0 Å². The third kappa shape index (κ3) is 3.77. The summed E-state index contributed by atoms with van der Waals surface area (Å²) in [6.45, 7) is 7.42. The first-order valence-corrected chi connectivity index (χ1v) is 5.33. The number of nitrogens with zero attached hydrogens (tertiary/aromatic N) is 2. The molecule has 4 nitrogen and oxygen atoms in total. The van der Waals surface area contributed by atoms with Crippen LogP contribution in [0, 0.1) is 16.7 Å². The number of rotatable bonds is 3. The number of nitrogens with one attached hydrogen (secondary N) is 1. The zero-order valence-corrected chi connectivity index (χ0v) is 10.0. The van der Waals surface area contributed by atoms with Crippen LogP contribution in [0.25, 0.3) is 0 Å². The van der Waals surface area contributed by atoms with Gasteiger partial charge in [0.1, 0.15) is 17.7 Å². The molecule has 0 aromatic carbocycles. The molecule has 0 fully saturated rings. The molecule has 0 aliphatic heterocycles. The van der Waals surface area contributed by atoms with E-state index in [-0.39, 0.29) is 5.82 Å². The molecule has 3 N–H and O–H groups in total. The smallest absolute Gasteiger partial charge is 0.143 e. The lowest BCUT2D eigenvalue weighted by molar-refractivity contribution is 0.389. The molecule has 86 valence electrons. The number of hydrogen-bond donors (Lipinski definition) is 2. The van der Waals surface area contributed by atoms with Crippen LogP contribution < -0.4 is 11.1 Å². The molecule has 1 aromatic heterocycles. The highest BCUT2D eigenvalue weighted by atomic mass is 15.0. The molecule has 0 amide bonds. The van der Waals surface area contributed by atoms with E-state index in [0.717, 1.165) is 18.8 Å². The van der Waals surface area contributed by atoms with Gasteiger partial charge in [0.05, 0.1) is 5.56 Å². The summed E-state index contributed by atoms with van der Waals surface area (Å²) in [6.07, 6.45) is 1.05. The van der Waals surface area contributed by atoms with Gasteiger partial charge in [-0.15, -0.1) is 0 Å². The summed E-state index contributed by atoms with van der Waals surface area (Å²) < 4.78 is 0. The van der Waals surface area contributed by atoms with E-state index in [1.54, 1.807) is 12.1 Å². The van der Waals surface area contributed by atoms with E-state index in [0.29, 0.717) is 11.0 Å². The minimum absolute atomic E-state index is 0.281. The van der Waals surface area contributed by atoms with Gasteiger partial charge in [-0.2, -0.15) is 5.26 Å². The van der Waals surface area contributed by atoms with Gasteiger partial charge in [-0.05, 0) is 24.0 Å². The van der Waals surface area contributed by atoms with Crippen molar-refractivity contribution in [2.24, 2.45) is 5.41 Å². The summed E-state index contributed by atoms with van der Waals surface area (Å²) in [7, 11) is 0. The van der Waals surface area contributed by atoms with Gasteiger partial charge < -0.3 is 11.1 Å². The van der Waals surface area contributed by atoms with Crippen LogP contribution in [-0.2, 0) is 0 Å². The van der Waals surface area contributed by atoms with Crippen molar-refractivity contribution >= 4 is 11.6 Å². The van der Waals surface area contributed by atoms with Crippen molar-refractivity contribution in [3.63, 3.8) is 0 Å². The Morgan fingerprint density at radius 2 is 2.12 bits per heavy atom. The van der Waals surface area contributed by atoms with Crippen LogP contribution in [-0.4, -0.2) is 11.5 Å². The van der Waals surface area contributed by atoms with Crippen LogP contribution in [0.5, 0.6) is 0 Å². The quantitative estimate of drug-likeness (QED) is 0.816. The number of nitrogen functional groups attached to an aromatic ring is 1. The SMILES string of the molecule is CC(C)(C)CCNc1ccc(C#N)c(N)n1. The lowest BCUT2D eigenvalue weighted by Gasteiger charge is -2.18. The fraction of sp³-hybridized carbons (Fsp3) is 0.500. The van der Waals surface area contributed by atoms with Crippen molar-refractivity contribution in [2.75, 3.05) is 17.6 Å². The molecule has 0 bridgehead atoms. The first-order chi connectivity index (χ1) is 7.42. The Balaban J connectivity index is 2.57. The molecule has 1 aromatic rings. The van der Waals surface area contributed by atoms with Crippen LogP contribution in [0.1, 0.15) is 32.8 Å². The second-order valence-electron chi connectivity index (χ2n) is 4.98. The highest BCUT2D eigenvalue weighted by Crippen LogP contribution is 2.18. The van der Waals surface area contributed by atoms with Gasteiger partial charge in [-0.3, -0.25) is 0 Å². The minimum atomic E-state index is 0.281. The summed E-state index contributed by atoms with van der Waals surface area (Å²) in [5, 5.41) is 11.9. The highest BCUT2D eigenvalue weighted by Gasteiger charge is 2.09. The van der Waals surface area contributed by atoms with E-state index >= 15 is 0 Å². The number of aromatic nitrogens is 1. The van der Waals surface area contributed by atoms with Gasteiger partial charge in [0.25, 0.3) is 0 Å². The Morgan fingerprint density at radius 3 is 2.62 bits per heavy atom. The van der Waals surface area contributed by atoms with Crippen LogP contribution in [0.2, 0.25) is 0 Å². The van der Waals surface area contributed by atoms with E-state index in [2.05, 4.69) is 31.1 Å². The minimum Gasteiger partial charge on any atom is -0.383 e. The van der Waals surface area contributed by atoms with Crippen molar-refractivity contribution in [1.29, 1.82) is 5.26 Å². The monoisotopic (exact) mass is 218 g/mol. The van der Waals surface area contributed by atoms with Gasteiger partial charge in [-0.1, -0.05) is 20.8 Å². The van der Waals surface area contributed by atoms with E-state index in [1.165, 1.54) is 0 Å². The van der Waals surface area contributed by atoms with Gasteiger partial charge in [0, 0.05) is 6.54 Å². The van der Waals surface area contributed by atoms with Crippen molar-refractivity contribution in [3.05, 3.63) is 17.7 Å². The predicted molar refractivity (Wildman–Crippen MR) is 65.9 cm³/mol. The number of hydrogen-bond acceptors (Lipinski definition) is 4. The lowest BCUT2D eigenvalue weighted by atomic mass is 9.92. The predicted octanol–water partition coefficient (Wildman–Crippen LogP) is 2.38. The molecule has 1 rings (SSSR count). The van der Waals surface area contributed by atoms with Crippen molar-refractivity contribution in [3.8, 4) is 6.07 Å². The van der Waals surface area contributed by atoms with Crippen LogP contribution in [0.15, 0.2) is 12.1 Å². The van der Waals surface area contributed by atoms with E-state index < -0.39 is 0 Å². The number of nitriles is 1. The van der Waals surface area contributed by atoms with Crippen molar-refractivity contribution in [2.45, 2.75) is 27.2 Å². The Bertz CT molecular complexity index is 398. The average Bonchev–Trinajstić information content (AvgIpc) is 2.16. The highest BCUT2D eigenvalue weighted by molar-refractivity contribution is 5.53. The first kappa shape index (κ1) is 12.3. The number of anilines is 2. The molecule has 16 heavy (non-hydrogen) atoms. The summed E-state index contributed by atoms with van der Waals surface area (Å²) in [6, 6.07) is 5.45. The maximum absolute atomic E-state index is 8.70. The molecule has 1 heterocycles. The van der Waals surface area contributed by atoms with E-state index in [4.69, 9.17) is 11.0 Å². The normalized spacial score (nSPS) is 10.9. The maximum atomic E-state index is 8.70. The number of pyridine rings is 1. The van der Waals surface area contributed by atoms with E-state index in [9.17, 15) is 0 Å². The summed E-state index contributed by atoms with van der Waals surface area (Å²) in [5.41, 5.74) is 6.33. The summed E-state index contributed by atoms with van der Waals surface area (Å²) in [4.78, 5) is 4.11. The largest absolute Gasteiger partial charge is 0.383 e. The molecule has 0 aliphatic rings. The second kappa shape index (κ2) is 4.84. The Kier molecular flexibility index (Phi) is 3.73. The Labute approximate surface area is 96.5 Å². The molecule has 0 radical (unpaired) electrons. The summed E-state index contributed by atoms with van der Waals surface area (Å²) >= 11 is 0. The van der Waals surface area contributed by atoms with Gasteiger partial charge in [0.2, 0.25) is 0 Å². The van der Waals surface area contributed by atoms with E-state index in [1.807, 2.05) is 6.07 Å². The molecular formula is C12H18N4. The Hall–Kier alpha value is -1.76. The lowest BCUT2D eigenvalue weighted by Crippen LogP contribution is -2.13. The van der Waals surface area contributed by atoms with Crippen LogP contribution >= 0.6 is 0 Å². The molecular weight excluding hydrogens is 200 g/mol. The Morgan fingerprint density at radius 1 is 1.44 bits per heavy atom. The molecule has 4 heteroatoms. The zero-order chi connectivity index (χ0) is 12.2. The van der Waals surface area contributed by atoms with Crippen molar-refractivity contribution < 1.29 is 0 Å². The van der Waals surface area contributed by atoms with Gasteiger partial charge in [-0.25, -0.2) is 4.98 Å². The third-order valence-electron chi connectivity index (χ3n) is 2.23. The topological polar surface area (TPSA) is 74.7 Å². The molecule has 0 aliphatic carbocycles. The van der Waals surface area contributed by atoms with Gasteiger partial charge >= 0.3 is 0 Å². The van der Waals surface area contributed by atoms with Crippen molar-refractivity contribution in [1.82, 2.24) is 4.98 Å². The fourth-order valence-electron chi connectivity index (χ4n) is 1.23. The fourth-order valence-corrected chi connectivity index (χ4v) is 1.23. The first-order valence-electron chi connectivity index (χ1n) is 5.33. The third-order valence-corrected chi connectivity index (χ3v) is 2.23. The molecule has 0 atom stereocenters. The molecule has 0 saturated heterocycles. The molecule has 0 spiro atoms.